The second-order valence-corrected chi connectivity index (χ2v) is 6.49. The Balaban J connectivity index is 1.91. The maximum atomic E-state index is 12.3. The van der Waals surface area contributed by atoms with Gasteiger partial charge in [-0.15, -0.1) is 0 Å². The van der Waals surface area contributed by atoms with E-state index in [9.17, 15) is 14.4 Å². The summed E-state index contributed by atoms with van der Waals surface area (Å²) in [5.41, 5.74) is 2.62. The molecular formula is C19H21NO6. The molecule has 2 N–H and O–H groups in total. The maximum Gasteiger partial charge on any atom is 0.339 e. The molecule has 1 amide bonds. The minimum Gasteiger partial charge on any atom is -0.480 e. The van der Waals surface area contributed by atoms with Crippen LogP contribution in [0.1, 0.15) is 36.5 Å². The summed E-state index contributed by atoms with van der Waals surface area (Å²) in [4.78, 5) is 34.7. The van der Waals surface area contributed by atoms with Crippen LogP contribution in [0, 0.1) is 6.92 Å². The molecule has 1 aliphatic rings. The number of carboxylic acids is 1. The van der Waals surface area contributed by atoms with Crippen LogP contribution in [-0.2, 0) is 22.4 Å². The van der Waals surface area contributed by atoms with Crippen LogP contribution in [-0.4, -0.2) is 29.6 Å². The number of benzene rings is 1. The first-order chi connectivity index (χ1) is 12.4. The molecule has 0 aliphatic heterocycles. The number of ether oxygens (including phenoxy) is 1. The fourth-order valence-electron chi connectivity index (χ4n) is 3.30. The third-order valence-corrected chi connectivity index (χ3v) is 4.68. The predicted octanol–water partition coefficient (Wildman–Crippen LogP) is 1.95. The number of rotatable bonds is 5. The summed E-state index contributed by atoms with van der Waals surface area (Å²) < 4.78 is 11.2. The van der Waals surface area contributed by atoms with Crippen molar-refractivity contribution in [2.24, 2.45) is 0 Å². The third kappa shape index (κ3) is 3.42. The average Bonchev–Trinajstić information content (AvgIpc) is 2.62. The molecule has 0 unspecified atom stereocenters. The normalized spacial score (nSPS) is 14.5. The van der Waals surface area contributed by atoms with Gasteiger partial charge >= 0.3 is 11.6 Å². The summed E-state index contributed by atoms with van der Waals surface area (Å²) in [6.07, 6.45) is 2.75. The van der Waals surface area contributed by atoms with Crippen LogP contribution < -0.4 is 15.7 Å². The molecule has 1 aromatic carbocycles. The molecule has 0 saturated heterocycles. The van der Waals surface area contributed by atoms with E-state index in [-0.39, 0.29) is 5.63 Å². The minimum atomic E-state index is -1.13. The van der Waals surface area contributed by atoms with Gasteiger partial charge in [-0.05, 0) is 57.2 Å². The number of carbonyl (C=O) groups is 2. The topological polar surface area (TPSA) is 106 Å². The monoisotopic (exact) mass is 359 g/mol. The molecule has 26 heavy (non-hydrogen) atoms. The van der Waals surface area contributed by atoms with Gasteiger partial charge in [0.25, 0.3) is 5.91 Å². The lowest BCUT2D eigenvalue weighted by atomic mass is 9.90. The number of nitrogens with one attached hydrogen (secondary N) is 1. The zero-order chi connectivity index (χ0) is 18.8. The number of hydrogen-bond donors (Lipinski definition) is 2. The van der Waals surface area contributed by atoms with E-state index in [1.807, 2.05) is 6.07 Å². The lowest BCUT2D eigenvalue weighted by molar-refractivity contribution is -0.139. The van der Waals surface area contributed by atoms with Crippen molar-refractivity contribution in [2.45, 2.75) is 45.6 Å². The summed E-state index contributed by atoms with van der Waals surface area (Å²) in [7, 11) is 0. The summed E-state index contributed by atoms with van der Waals surface area (Å²) >= 11 is 0. The van der Waals surface area contributed by atoms with Gasteiger partial charge in [0.15, 0.2) is 6.10 Å². The standard InChI is InChI=1S/C19H21NO6/c1-10-15(25-11(2)18(23)20-9-16(21)22)8-7-13-12-5-3-4-6-14(12)19(24)26-17(10)13/h7-8,11H,3-6,9H2,1-2H3,(H,20,23)(H,21,22)/t11-/m0/s1. The highest BCUT2D eigenvalue weighted by Gasteiger charge is 2.22. The van der Waals surface area contributed by atoms with E-state index in [2.05, 4.69) is 5.32 Å². The van der Waals surface area contributed by atoms with E-state index in [4.69, 9.17) is 14.3 Å². The fraction of sp³-hybridized carbons (Fsp3) is 0.421. The Morgan fingerprint density at radius 2 is 1.96 bits per heavy atom. The Morgan fingerprint density at radius 1 is 1.27 bits per heavy atom. The van der Waals surface area contributed by atoms with Crippen molar-refractivity contribution >= 4 is 22.8 Å². The lowest BCUT2D eigenvalue weighted by Crippen LogP contribution is -2.39. The largest absolute Gasteiger partial charge is 0.480 e. The Labute approximate surface area is 150 Å². The number of fused-ring (bicyclic) bond motifs is 3. The Kier molecular flexibility index (Phi) is 4.97. The highest BCUT2D eigenvalue weighted by Crippen LogP contribution is 2.32. The van der Waals surface area contributed by atoms with Crippen LogP contribution in [0.2, 0.25) is 0 Å². The molecule has 1 aromatic heterocycles. The Bertz CT molecular complexity index is 930. The summed E-state index contributed by atoms with van der Waals surface area (Å²) in [6.45, 7) is 2.84. The summed E-state index contributed by atoms with van der Waals surface area (Å²) in [6, 6.07) is 3.61. The molecular weight excluding hydrogens is 338 g/mol. The van der Waals surface area contributed by atoms with Gasteiger partial charge in [0.05, 0.1) is 0 Å². The van der Waals surface area contributed by atoms with Crippen LogP contribution in [0.15, 0.2) is 21.3 Å². The van der Waals surface area contributed by atoms with Gasteiger partial charge in [0.2, 0.25) is 0 Å². The lowest BCUT2D eigenvalue weighted by Gasteiger charge is -2.19. The Morgan fingerprint density at radius 3 is 2.65 bits per heavy atom. The van der Waals surface area contributed by atoms with Crippen molar-refractivity contribution in [3.8, 4) is 5.75 Å². The number of carboxylic acid groups (broad SMARTS) is 1. The molecule has 0 saturated carbocycles. The average molecular weight is 359 g/mol. The SMILES string of the molecule is Cc1c(O[C@@H](C)C(=O)NCC(=O)O)ccc2c3c(c(=O)oc12)CCCC3. The van der Waals surface area contributed by atoms with Gasteiger partial charge in [0.1, 0.15) is 17.9 Å². The van der Waals surface area contributed by atoms with E-state index in [0.717, 1.165) is 42.2 Å². The van der Waals surface area contributed by atoms with Crippen molar-refractivity contribution in [3.05, 3.63) is 39.2 Å². The van der Waals surface area contributed by atoms with Crippen LogP contribution in [0.4, 0.5) is 0 Å². The second kappa shape index (κ2) is 7.19. The van der Waals surface area contributed by atoms with Crippen molar-refractivity contribution in [1.82, 2.24) is 5.32 Å². The van der Waals surface area contributed by atoms with Gasteiger partial charge in [0, 0.05) is 16.5 Å². The van der Waals surface area contributed by atoms with E-state index in [0.29, 0.717) is 16.9 Å². The van der Waals surface area contributed by atoms with E-state index in [1.165, 1.54) is 6.92 Å². The predicted molar refractivity (Wildman–Crippen MR) is 94.6 cm³/mol. The number of amides is 1. The summed E-state index contributed by atoms with van der Waals surface area (Å²) in [5, 5.41) is 11.8. The van der Waals surface area contributed by atoms with Gasteiger partial charge in [-0.1, -0.05) is 0 Å². The highest BCUT2D eigenvalue weighted by molar-refractivity contribution is 5.87. The smallest absolute Gasteiger partial charge is 0.339 e. The number of carbonyl (C=O) groups excluding carboxylic acids is 1. The quantitative estimate of drug-likeness (QED) is 0.791. The molecule has 2 aromatic rings. The first-order valence-electron chi connectivity index (χ1n) is 8.62. The van der Waals surface area contributed by atoms with E-state index in [1.54, 1.807) is 13.0 Å². The molecule has 3 rings (SSSR count). The summed E-state index contributed by atoms with van der Waals surface area (Å²) in [5.74, 6) is -1.23. The Hall–Kier alpha value is -2.83. The van der Waals surface area contributed by atoms with Crippen LogP contribution in [0.5, 0.6) is 5.75 Å². The number of hydrogen-bond acceptors (Lipinski definition) is 5. The van der Waals surface area contributed by atoms with Gasteiger partial charge in [-0.3, -0.25) is 9.59 Å². The molecule has 7 heteroatoms. The van der Waals surface area contributed by atoms with Crippen LogP contribution >= 0.6 is 0 Å². The molecule has 1 atom stereocenters. The molecule has 0 spiro atoms. The van der Waals surface area contributed by atoms with Gasteiger partial charge < -0.3 is 19.6 Å². The van der Waals surface area contributed by atoms with Crippen molar-refractivity contribution in [3.63, 3.8) is 0 Å². The highest BCUT2D eigenvalue weighted by atomic mass is 16.5. The molecule has 0 bridgehead atoms. The molecule has 1 heterocycles. The van der Waals surface area contributed by atoms with E-state index >= 15 is 0 Å². The van der Waals surface area contributed by atoms with Gasteiger partial charge in [-0.25, -0.2) is 4.79 Å². The molecule has 0 fully saturated rings. The van der Waals surface area contributed by atoms with Gasteiger partial charge in [-0.2, -0.15) is 0 Å². The van der Waals surface area contributed by atoms with Crippen molar-refractivity contribution < 1.29 is 23.8 Å². The molecule has 138 valence electrons. The zero-order valence-corrected chi connectivity index (χ0v) is 14.8. The van der Waals surface area contributed by atoms with Crippen LogP contribution in [0.25, 0.3) is 11.0 Å². The number of aliphatic carboxylic acids is 1. The second-order valence-electron chi connectivity index (χ2n) is 6.49. The molecule has 1 aliphatic carbocycles. The maximum absolute atomic E-state index is 12.3. The molecule has 7 nitrogen and oxygen atoms in total. The molecule has 0 radical (unpaired) electrons. The van der Waals surface area contributed by atoms with Crippen LogP contribution in [0.3, 0.4) is 0 Å². The van der Waals surface area contributed by atoms with Crippen molar-refractivity contribution in [1.29, 1.82) is 0 Å². The first kappa shape index (κ1) is 18.0. The minimum absolute atomic E-state index is 0.306. The van der Waals surface area contributed by atoms with Crippen molar-refractivity contribution in [2.75, 3.05) is 6.54 Å². The first-order valence-corrected chi connectivity index (χ1v) is 8.62. The zero-order valence-electron chi connectivity index (χ0n) is 14.8. The fourth-order valence-corrected chi connectivity index (χ4v) is 3.30. The third-order valence-electron chi connectivity index (χ3n) is 4.68. The van der Waals surface area contributed by atoms with E-state index < -0.39 is 24.5 Å². The number of aryl methyl sites for hydroxylation is 2.